The van der Waals surface area contributed by atoms with Crippen LogP contribution in [0.25, 0.3) is 0 Å². The highest BCUT2D eigenvalue weighted by Gasteiger charge is 2.36. The maximum absolute atomic E-state index is 13.5. The second-order valence-corrected chi connectivity index (χ2v) is 22.6. The van der Waals surface area contributed by atoms with Gasteiger partial charge in [-0.25, -0.2) is 0 Å². The molecule has 0 saturated carbocycles. The van der Waals surface area contributed by atoms with E-state index in [9.17, 15) is 13.7 Å². The van der Waals surface area contributed by atoms with Crippen LogP contribution >= 0.6 is 23.5 Å². The van der Waals surface area contributed by atoms with Crippen LogP contribution in [0.5, 0.6) is 51.7 Å². The van der Waals surface area contributed by atoms with Crippen LogP contribution in [-0.4, -0.2) is 0 Å². The molecule has 1 unspecified atom stereocenters. The van der Waals surface area contributed by atoms with Crippen molar-refractivity contribution >= 4 is 23.5 Å². The zero-order chi connectivity index (χ0) is 55.7. The van der Waals surface area contributed by atoms with Crippen molar-refractivity contribution in [3.8, 4) is 51.7 Å². The minimum atomic E-state index is -3.97. The largest absolute Gasteiger partial charge is 0.647 e. The highest BCUT2D eigenvalue weighted by atomic mass is 31.2. The van der Waals surface area contributed by atoms with Gasteiger partial charge in [-0.05, 0) is 175 Å². The van der Waals surface area contributed by atoms with Gasteiger partial charge in [-0.2, -0.15) is 13.7 Å². The molecule has 0 amide bonds. The van der Waals surface area contributed by atoms with E-state index < -0.39 is 23.5 Å². The Morgan fingerprint density at radius 2 is 0.449 bits per heavy atom. The summed E-state index contributed by atoms with van der Waals surface area (Å²) in [5, 5.41) is 0. The van der Waals surface area contributed by atoms with E-state index in [2.05, 4.69) is 0 Å². The molecule has 0 fully saturated rings. The maximum atomic E-state index is 13.5. The van der Waals surface area contributed by atoms with Crippen molar-refractivity contribution in [2.75, 3.05) is 0 Å². The number of hydrogen-bond acceptors (Lipinski definition) is 12. The van der Waals surface area contributed by atoms with Gasteiger partial charge in [0.1, 0.15) is 51.7 Å². The molecule has 0 saturated heterocycles. The van der Waals surface area contributed by atoms with Crippen molar-refractivity contribution in [1.29, 1.82) is 0 Å². The average molecular weight is 1110 g/mol. The van der Waals surface area contributed by atoms with Crippen LogP contribution in [0.1, 0.15) is 50.1 Å². The Labute approximate surface area is 458 Å². The second-order valence-electron chi connectivity index (χ2n) is 18.3. The summed E-state index contributed by atoms with van der Waals surface area (Å²) in [6.45, 7) is 17.3. The van der Waals surface area contributed by atoms with Gasteiger partial charge in [0.2, 0.25) is 0 Å². The Balaban J connectivity index is 0.000000170. The van der Waals surface area contributed by atoms with Crippen LogP contribution in [0.3, 0.4) is 0 Å². The van der Waals surface area contributed by atoms with Crippen molar-refractivity contribution in [3.63, 3.8) is 0 Å². The molecule has 0 aliphatic carbocycles. The van der Waals surface area contributed by atoms with E-state index in [0.717, 1.165) is 50.1 Å². The molecule has 0 aromatic heterocycles. The predicted octanol–water partition coefficient (Wildman–Crippen LogP) is 18.8. The molecular formula is C63H63O12P3. The first-order chi connectivity index (χ1) is 37.3. The molecule has 402 valence electrons. The first-order valence-corrected chi connectivity index (χ1v) is 29.3. The lowest BCUT2D eigenvalue weighted by molar-refractivity contribution is 0.295. The summed E-state index contributed by atoms with van der Waals surface area (Å²) in [5.41, 5.74) is 8.65. The topological polar surface area (TPSA) is 134 Å². The number of hydrogen-bond donors (Lipinski definition) is 0. The highest BCUT2D eigenvalue weighted by Crippen LogP contribution is 2.53. The Bertz CT molecular complexity index is 3290. The lowest BCUT2D eigenvalue weighted by atomic mass is 10.2. The van der Waals surface area contributed by atoms with Gasteiger partial charge in [0.25, 0.3) is 0 Å². The smallest absolute Gasteiger partial charge is 0.386 e. The summed E-state index contributed by atoms with van der Waals surface area (Å²) in [5.74, 6) is 3.91. The van der Waals surface area contributed by atoms with Crippen LogP contribution in [0.15, 0.2) is 218 Å². The molecular weight excluding hydrogens is 1040 g/mol. The van der Waals surface area contributed by atoms with Crippen molar-refractivity contribution in [2.45, 2.75) is 62.3 Å². The maximum Gasteiger partial charge on any atom is 0.647 e. The van der Waals surface area contributed by atoms with E-state index >= 15 is 0 Å². The van der Waals surface area contributed by atoms with Crippen molar-refractivity contribution in [1.82, 2.24) is 0 Å². The summed E-state index contributed by atoms with van der Waals surface area (Å²) in [6, 6.07) is 65.4. The summed E-state index contributed by atoms with van der Waals surface area (Å²) in [6.07, 6.45) is 0. The van der Waals surface area contributed by atoms with Crippen molar-refractivity contribution in [3.05, 3.63) is 268 Å². The molecule has 12 nitrogen and oxygen atoms in total. The van der Waals surface area contributed by atoms with Crippen LogP contribution in [-0.2, 0) is 13.7 Å². The standard InChI is InChI=1S/3C21H21O4P/c1-16-4-10-19(11-5-16)23-26(22,24-20-12-6-17(2)7-13-20)25-21-14-8-18(3)9-15-21;1-16-10-4-7-13-19(16)23-26(22,24-20-14-8-5-11-17(20)2)25-21-15-9-6-12-18(21)3;1-16-11-13-19(14-12-16)23-26(22,24-20-9-6-7-17(2)15-20)25-21-10-5-4-8-18(21)3/h3*4-15H,1-3H3. The number of benzene rings is 9. The lowest BCUT2D eigenvalue weighted by Gasteiger charge is -2.21. The quantitative estimate of drug-likeness (QED) is 0.0757. The molecule has 78 heavy (non-hydrogen) atoms. The van der Waals surface area contributed by atoms with Gasteiger partial charge < -0.3 is 40.7 Å². The van der Waals surface area contributed by atoms with Gasteiger partial charge in [-0.15, -0.1) is 0 Å². The van der Waals surface area contributed by atoms with Crippen LogP contribution < -0.4 is 40.7 Å². The molecule has 0 aliphatic heterocycles. The van der Waals surface area contributed by atoms with E-state index in [1.807, 2.05) is 196 Å². The molecule has 0 bridgehead atoms. The van der Waals surface area contributed by atoms with Gasteiger partial charge in [0, 0.05) is 0 Å². The zero-order valence-corrected chi connectivity index (χ0v) is 47.7. The fourth-order valence-electron chi connectivity index (χ4n) is 7.00. The van der Waals surface area contributed by atoms with E-state index in [0.29, 0.717) is 51.7 Å². The van der Waals surface area contributed by atoms with Crippen LogP contribution in [0.4, 0.5) is 0 Å². The van der Waals surface area contributed by atoms with E-state index in [1.54, 1.807) is 84.9 Å². The lowest BCUT2D eigenvalue weighted by Crippen LogP contribution is -2.09. The number of aryl methyl sites for hydroxylation is 9. The van der Waals surface area contributed by atoms with Gasteiger partial charge in [-0.3, -0.25) is 0 Å². The summed E-state index contributed by atoms with van der Waals surface area (Å²) in [4.78, 5) is 0. The van der Waals surface area contributed by atoms with Gasteiger partial charge in [0.05, 0.1) is 0 Å². The zero-order valence-electron chi connectivity index (χ0n) is 45.0. The van der Waals surface area contributed by atoms with Crippen LogP contribution in [0, 0.1) is 62.3 Å². The Hall–Kier alpha value is -8.13. The molecule has 1 atom stereocenters. The molecule has 9 aromatic carbocycles. The fourth-order valence-corrected chi connectivity index (χ4v) is 11.0. The first-order valence-electron chi connectivity index (χ1n) is 24.9. The molecule has 0 aliphatic rings. The highest BCUT2D eigenvalue weighted by molar-refractivity contribution is 7.50. The Morgan fingerprint density at radius 3 is 0.705 bits per heavy atom. The Kier molecular flexibility index (Phi) is 19.8. The molecule has 9 aromatic rings. The summed E-state index contributed by atoms with van der Waals surface area (Å²) in [7, 11) is -11.8. The number of para-hydroxylation sites is 4. The molecule has 15 heteroatoms. The Morgan fingerprint density at radius 1 is 0.218 bits per heavy atom. The number of rotatable bonds is 18. The van der Waals surface area contributed by atoms with Crippen molar-refractivity contribution in [2.24, 2.45) is 0 Å². The third-order valence-corrected chi connectivity index (χ3v) is 15.2. The monoisotopic (exact) mass is 1100 g/mol. The second kappa shape index (κ2) is 26.8. The van der Waals surface area contributed by atoms with E-state index in [4.69, 9.17) is 40.7 Å². The summed E-state index contributed by atoms with van der Waals surface area (Å²) >= 11 is 0. The summed E-state index contributed by atoms with van der Waals surface area (Å²) < 4.78 is 91.5. The van der Waals surface area contributed by atoms with Gasteiger partial charge in [-0.1, -0.05) is 156 Å². The van der Waals surface area contributed by atoms with E-state index in [1.165, 1.54) is 0 Å². The van der Waals surface area contributed by atoms with Crippen molar-refractivity contribution < 1.29 is 54.4 Å². The molecule has 9 rings (SSSR count). The number of phosphoric ester groups is 3. The third-order valence-electron chi connectivity index (χ3n) is 11.4. The minimum absolute atomic E-state index is 0.415. The molecule has 0 N–H and O–H groups in total. The van der Waals surface area contributed by atoms with Crippen LogP contribution in [0.2, 0.25) is 0 Å². The minimum Gasteiger partial charge on any atom is -0.386 e. The third kappa shape index (κ3) is 17.7. The normalized spacial score (nSPS) is 11.7. The SMILES string of the molecule is Cc1ccc(OP(=O)(Oc2ccc(C)cc2)Oc2ccc(C)cc2)cc1.Cc1ccc(OP(=O)(Oc2cccc(C)c2)Oc2ccccc2C)cc1.Cc1ccccc1OP(=O)(Oc1ccccc1C)Oc1ccccc1C. The van der Waals surface area contributed by atoms with Gasteiger partial charge in [0.15, 0.2) is 0 Å². The molecule has 0 radical (unpaired) electrons. The van der Waals surface area contributed by atoms with Gasteiger partial charge >= 0.3 is 23.5 Å². The van der Waals surface area contributed by atoms with E-state index in [-0.39, 0.29) is 0 Å². The fraction of sp³-hybridized carbons (Fsp3) is 0.143. The molecule has 0 spiro atoms. The predicted molar refractivity (Wildman–Crippen MR) is 309 cm³/mol. The first kappa shape index (κ1) is 57.6. The number of phosphoric acid groups is 3. The molecule has 0 heterocycles. The average Bonchev–Trinajstić information content (AvgIpc) is 3.40.